The summed E-state index contributed by atoms with van der Waals surface area (Å²) in [7, 11) is 0. The molecule has 2 amide bonds. The number of nitrogens with one attached hydrogen (secondary N) is 2. The zero-order chi connectivity index (χ0) is 16.1. The summed E-state index contributed by atoms with van der Waals surface area (Å²) in [5.74, 6) is -0.838. The van der Waals surface area contributed by atoms with Crippen molar-refractivity contribution >= 4 is 46.4 Å². The monoisotopic (exact) mass is 337 g/mol. The fourth-order valence-electron chi connectivity index (χ4n) is 1.76. The first kappa shape index (κ1) is 16.1. The lowest BCUT2D eigenvalue weighted by molar-refractivity contribution is -0.114. The first-order valence-electron chi connectivity index (χ1n) is 6.34. The Morgan fingerprint density at radius 1 is 1.09 bits per heavy atom. The van der Waals surface area contributed by atoms with E-state index in [2.05, 4.69) is 10.6 Å². The van der Waals surface area contributed by atoms with Crippen LogP contribution in [0.1, 0.15) is 10.4 Å². The smallest absolute Gasteiger partial charge is 0.248 e. The van der Waals surface area contributed by atoms with Crippen LogP contribution in [-0.4, -0.2) is 18.4 Å². The number of hydrogen-bond donors (Lipinski definition) is 3. The van der Waals surface area contributed by atoms with E-state index >= 15 is 0 Å². The van der Waals surface area contributed by atoms with E-state index in [4.69, 9.17) is 28.9 Å². The van der Waals surface area contributed by atoms with E-state index in [-0.39, 0.29) is 12.5 Å². The number of carbonyl (C=O) groups is 2. The maximum Gasteiger partial charge on any atom is 0.248 e. The van der Waals surface area contributed by atoms with E-state index in [1.807, 2.05) is 0 Å². The Balaban J connectivity index is 1.95. The van der Waals surface area contributed by atoms with Gasteiger partial charge < -0.3 is 16.4 Å². The van der Waals surface area contributed by atoms with Crippen LogP contribution >= 0.6 is 23.2 Å². The molecular formula is C15H13Cl2N3O2. The number of nitrogens with two attached hydrogens (primary N) is 1. The van der Waals surface area contributed by atoms with Crippen LogP contribution in [0, 0.1) is 0 Å². The third-order valence-corrected chi connectivity index (χ3v) is 3.35. The van der Waals surface area contributed by atoms with Gasteiger partial charge >= 0.3 is 0 Å². The average molecular weight is 338 g/mol. The van der Waals surface area contributed by atoms with Gasteiger partial charge in [0.05, 0.1) is 17.3 Å². The van der Waals surface area contributed by atoms with Crippen molar-refractivity contribution in [2.75, 3.05) is 17.2 Å². The first-order chi connectivity index (χ1) is 10.5. The van der Waals surface area contributed by atoms with Gasteiger partial charge in [0, 0.05) is 16.3 Å². The fourth-order valence-corrected chi connectivity index (χ4v) is 2.24. The van der Waals surface area contributed by atoms with Gasteiger partial charge in [-0.25, -0.2) is 0 Å². The standard InChI is InChI=1S/C15H13Cl2N3O2/c16-10-4-5-13(12(17)7-10)19-8-14(21)20-11-3-1-2-9(6-11)15(18)22/h1-7,19H,8H2,(H2,18,22)(H,20,21). The molecule has 2 aromatic rings. The van der Waals surface area contributed by atoms with Gasteiger partial charge in [-0.1, -0.05) is 29.3 Å². The number of rotatable bonds is 5. The summed E-state index contributed by atoms with van der Waals surface area (Å²) in [5.41, 5.74) is 6.61. The molecule has 0 aliphatic rings. The maximum atomic E-state index is 11.9. The molecule has 0 bridgehead atoms. The van der Waals surface area contributed by atoms with Crippen LogP contribution in [-0.2, 0) is 4.79 Å². The van der Waals surface area contributed by atoms with Gasteiger partial charge in [0.1, 0.15) is 0 Å². The maximum absolute atomic E-state index is 11.9. The fraction of sp³-hybridized carbons (Fsp3) is 0.0667. The normalized spacial score (nSPS) is 10.1. The minimum Gasteiger partial charge on any atom is -0.375 e. The molecule has 0 fully saturated rings. The summed E-state index contributed by atoms with van der Waals surface area (Å²) in [6, 6.07) is 11.3. The van der Waals surface area contributed by atoms with Crippen molar-refractivity contribution in [1.29, 1.82) is 0 Å². The first-order valence-corrected chi connectivity index (χ1v) is 7.10. The molecule has 2 aromatic carbocycles. The molecule has 5 nitrogen and oxygen atoms in total. The molecule has 0 aliphatic heterocycles. The van der Waals surface area contributed by atoms with Crippen molar-refractivity contribution in [1.82, 2.24) is 0 Å². The van der Waals surface area contributed by atoms with Crippen molar-refractivity contribution < 1.29 is 9.59 Å². The molecule has 0 saturated heterocycles. The van der Waals surface area contributed by atoms with Crippen LogP contribution in [0.15, 0.2) is 42.5 Å². The summed E-state index contributed by atoms with van der Waals surface area (Å²) in [6.45, 7) is 0.0160. The van der Waals surface area contributed by atoms with Gasteiger partial charge in [0.25, 0.3) is 0 Å². The molecule has 2 rings (SSSR count). The van der Waals surface area contributed by atoms with E-state index in [1.165, 1.54) is 6.07 Å². The lowest BCUT2D eigenvalue weighted by atomic mass is 10.2. The highest BCUT2D eigenvalue weighted by molar-refractivity contribution is 6.36. The minimum atomic E-state index is -0.554. The number of amides is 2. The molecule has 0 saturated carbocycles. The van der Waals surface area contributed by atoms with Crippen LogP contribution < -0.4 is 16.4 Å². The number of hydrogen-bond acceptors (Lipinski definition) is 3. The van der Waals surface area contributed by atoms with Crippen molar-refractivity contribution in [3.63, 3.8) is 0 Å². The Morgan fingerprint density at radius 3 is 2.55 bits per heavy atom. The zero-order valence-electron chi connectivity index (χ0n) is 11.4. The molecule has 0 unspecified atom stereocenters. The van der Waals surface area contributed by atoms with Crippen LogP contribution in [0.4, 0.5) is 11.4 Å². The van der Waals surface area contributed by atoms with Crippen molar-refractivity contribution in [2.24, 2.45) is 5.73 Å². The van der Waals surface area contributed by atoms with Crippen molar-refractivity contribution in [3.8, 4) is 0 Å². The van der Waals surface area contributed by atoms with E-state index in [0.717, 1.165) is 0 Å². The second kappa shape index (κ2) is 7.15. The molecule has 0 aromatic heterocycles. The SMILES string of the molecule is NC(=O)c1cccc(NC(=O)CNc2ccc(Cl)cc2Cl)c1. The zero-order valence-corrected chi connectivity index (χ0v) is 12.9. The van der Waals surface area contributed by atoms with Crippen LogP contribution in [0.3, 0.4) is 0 Å². The molecule has 0 radical (unpaired) electrons. The quantitative estimate of drug-likeness (QED) is 0.783. The largest absolute Gasteiger partial charge is 0.375 e. The molecular weight excluding hydrogens is 325 g/mol. The second-order valence-corrected chi connectivity index (χ2v) is 5.31. The van der Waals surface area contributed by atoms with Gasteiger partial charge in [-0.15, -0.1) is 0 Å². The molecule has 0 heterocycles. The summed E-state index contributed by atoms with van der Waals surface area (Å²) in [5, 5.41) is 6.51. The predicted molar refractivity (Wildman–Crippen MR) is 88.5 cm³/mol. The molecule has 4 N–H and O–H groups in total. The molecule has 7 heteroatoms. The van der Waals surface area contributed by atoms with Crippen LogP contribution in [0.5, 0.6) is 0 Å². The molecule has 0 atom stereocenters. The highest BCUT2D eigenvalue weighted by Gasteiger charge is 2.07. The van der Waals surface area contributed by atoms with Gasteiger partial charge in [-0.05, 0) is 36.4 Å². The number of anilines is 2. The van der Waals surface area contributed by atoms with Crippen LogP contribution in [0.25, 0.3) is 0 Å². The van der Waals surface area contributed by atoms with Crippen molar-refractivity contribution in [2.45, 2.75) is 0 Å². The minimum absolute atomic E-state index is 0.0160. The van der Waals surface area contributed by atoms with E-state index in [0.29, 0.717) is 27.0 Å². The summed E-state index contributed by atoms with van der Waals surface area (Å²) >= 11 is 11.8. The number of benzene rings is 2. The predicted octanol–water partition coefficient (Wildman–Crippen LogP) is 3.14. The number of primary amides is 1. The van der Waals surface area contributed by atoms with Crippen LogP contribution in [0.2, 0.25) is 10.0 Å². The Morgan fingerprint density at radius 2 is 1.86 bits per heavy atom. The van der Waals surface area contributed by atoms with Crippen molar-refractivity contribution in [3.05, 3.63) is 58.1 Å². The molecule has 0 spiro atoms. The van der Waals surface area contributed by atoms with E-state index < -0.39 is 5.91 Å². The highest BCUT2D eigenvalue weighted by atomic mass is 35.5. The van der Waals surface area contributed by atoms with Gasteiger partial charge in [0.15, 0.2) is 0 Å². The molecule has 114 valence electrons. The van der Waals surface area contributed by atoms with E-state index in [9.17, 15) is 9.59 Å². The molecule has 0 aliphatic carbocycles. The number of carbonyl (C=O) groups excluding carboxylic acids is 2. The lowest BCUT2D eigenvalue weighted by Gasteiger charge is -2.10. The van der Waals surface area contributed by atoms with E-state index in [1.54, 1.807) is 36.4 Å². The van der Waals surface area contributed by atoms with Gasteiger partial charge in [0.2, 0.25) is 11.8 Å². The third-order valence-electron chi connectivity index (χ3n) is 2.80. The summed E-state index contributed by atoms with van der Waals surface area (Å²) in [6.07, 6.45) is 0. The summed E-state index contributed by atoms with van der Waals surface area (Å²) < 4.78 is 0. The Bertz CT molecular complexity index is 720. The third kappa shape index (κ3) is 4.38. The Kier molecular flexibility index (Phi) is 5.25. The average Bonchev–Trinajstić information content (AvgIpc) is 2.46. The topological polar surface area (TPSA) is 84.2 Å². The second-order valence-electron chi connectivity index (χ2n) is 4.47. The number of halogens is 2. The summed E-state index contributed by atoms with van der Waals surface area (Å²) in [4.78, 5) is 23.0. The highest BCUT2D eigenvalue weighted by Crippen LogP contribution is 2.25. The molecule has 22 heavy (non-hydrogen) atoms. The van der Waals surface area contributed by atoms with Gasteiger partial charge in [-0.2, -0.15) is 0 Å². The van der Waals surface area contributed by atoms with Gasteiger partial charge in [-0.3, -0.25) is 9.59 Å². The lowest BCUT2D eigenvalue weighted by Crippen LogP contribution is -2.22. The Labute approximate surface area is 137 Å². The Hall–Kier alpha value is -2.24.